The van der Waals surface area contributed by atoms with Crippen LogP contribution in [-0.4, -0.2) is 86.3 Å². The number of carbonyl (C=O) groups is 2. The third-order valence-electron chi connectivity index (χ3n) is 7.78. The Morgan fingerprint density at radius 1 is 1.07 bits per heavy atom. The first-order valence-corrected chi connectivity index (χ1v) is 15.0. The van der Waals surface area contributed by atoms with Gasteiger partial charge in [-0.15, -0.1) is 0 Å². The van der Waals surface area contributed by atoms with Crippen LogP contribution in [0.4, 0.5) is 0 Å². The molecule has 0 spiro atoms. The fourth-order valence-electron chi connectivity index (χ4n) is 5.39. The molecule has 2 aromatic rings. The summed E-state index contributed by atoms with van der Waals surface area (Å²) in [6, 6.07) is 9.83. The van der Waals surface area contributed by atoms with Crippen LogP contribution in [0.1, 0.15) is 49.4 Å². The molecule has 1 N–H and O–H groups in total. The zero-order chi connectivity index (χ0) is 30.9. The Hall–Kier alpha value is -3.82. The highest BCUT2D eigenvalue weighted by Gasteiger charge is 2.46. The second kappa shape index (κ2) is 15.1. The van der Waals surface area contributed by atoms with Crippen molar-refractivity contribution in [3.63, 3.8) is 0 Å². The van der Waals surface area contributed by atoms with E-state index in [1.807, 2.05) is 13.0 Å². The van der Waals surface area contributed by atoms with Crippen molar-refractivity contribution in [1.82, 2.24) is 9.80 Å². The summed E-state index contributed by atoms with van der Waals surface area (Å²) in [4.78, 5) is 30.9. The van der Waals surface area contributed by atoms with Crippen molar-refractivity contribution in [3.8, 4) is 17.2 Å². The number of benzene rings is 2. The number of ketones is 1. The molecule has 2 aliphatic rings. The van der Waals surface area contributed by atoms with Crippen LogP contribution in [0.15, 0.2) is 54.6 Å². The molecule has 1 unspecified atom stereocenters. The van der Waals surface area contributed by atoms with Crippen LogP contribution < -0.4 is 14.2 Å². The summed E-state index contributed by atoms with van der Waals surface area (Å²) in [6.45, 7) is 14.9. The number of carbonyl (C=O) groups excluding carboxylic acids is 2. The van der Waals surface area contributed by atoms with E-state index in [2.05, 4.69) is 25.3 Å². The zero-order valence-electron chi connectivity index (χ0n) is 25.8. The molecule has 0 radical (unpaired) electrons. The molecule has 2 aliphatic heterocycles. The van der Waals surface area contributed by atoms with E-state index in [1.165, 1.54) is 0 Å². The average Bonchev–Trinajstić information content (AvgIpc) is 3.25. The van der Waals surface area contributed by atoms with Crippen LogP contribution in [0, 0.1) is 12.8 Å². The molecule has 43 heavy (non-hydrogen) atoms. The molecule has 0 saturated carbocycles. The van der Waals surface area contributed by atoms with Gasteiger partial charge in [0.1, 0.15) is 18.1 Å². The molecule has 2 heterocycles. The fraction of sp³-hybridized carbons (Fsp3) is 0.471. The molecule has 0 bridgehead atoms. The van der Waals surface area contributed by atoms with Crippen molar-refractivity contribution in [2.75, 3.05) is 59.7 Å². The van der Waals surface area contributed by atoms with Gasteiger partial charge in [0, 0.05) is 31.7 Å². The van der Waals surface area contributed by atoms with E-state index < -0.39 is 17.7 Å². The number of likely N-dealkylation sites (tertiary alicyclic amines) is 1. The van der Waals surface area contributed by atoms with Gasteiger partial charge in [0.05, 0.1) is 38.5 Å². The van der Waals surface area contributed by atoms with Gasteiger partial charge in [-0.2, -0.15) is 0 Å². The zero-order valence-corrected chi connectivity index (χ0v) is 25.8. The third kappa shape index (κ3) is 7.77. The van der Waals surface area contributed by atoms with Gasteiger partial charge in [-0.25, -0.2) is 0 Å². The van der Waals surface area contributed by atoms with Crippen LogP contribution in [0.2, 0.25) is 0 Å². The van der Waals surface area contributed by atoms with Crippen LogP contribution in [-0.2, 0) is 14.3 Å². The summed E-state index contributed by atoms with van der Waals surface area (Å²) in [5.41, 5.74) is 1.92. The van der Waals surface area contributed by atoms with Gasteiger partial charge in [-0.1, -0.05) is 32.6 Å². The number of rotatable bonds is 14. The SMILES string of the molecule is C=CCOc1ccc(C(O)=C2C(=O)C(=O)N(CCCN3CCOCC3)C2c2ccc(OCCC(C)C)c(OC)c2)cc1C. The number of aliphatic hydroxyl groups is 1. The summed E-state index contributed by atoms with van der Waals surface area (Å²) in [5, 5.41) is 11.6. The number of aryl methyl sites for hydroxylation is 1. The highest BCUT2D eigenvalue weighted by Crippen LogP contribution is 2.42. The Balaban J connectivity index is 1.70. The fourth-order valence-corrected chi connectivity index (χ4v) is 5.39. The first-order chi connectivity index (χ1) is 20.7. The molecule has 9 heteroatoms. The maximum Gasteiger partial charge on any atom is 0.295 e. The Morgan fingerprint density at radius 2 is 1.81 bits per heavy atom. The number of amides is 1. The molecule has 2 aromatic carbocycles. The van der Waals surface area contributed by atoms with Gasteiger partial charge in [-0.3, -0.25) is 14.5 Å². The number of hydrogen-bond acceptors (Lipinski definition) is 8. The normalized spacial score (nSPS) is 18.7. The number of ether oxygens (including phenoxy) is 4. The lowest BCUT2D eigenvalue weighted by molar-refractivity contribution is -0.140. The van der Waals surface area contributed by atoms with Crippen molar-refractivity contribution in [2.45, 2.75) is 39.7 Å². The number of aliphatic hydroxyl groups excluding tert-OH is 1. The molecular formula is C34H44N2O7. The lowest BCUT2D eigenvalue weighted by Gasteiger charge is -2.29. The first-order valence-electron chi connectivity index (χ1n) is 15.0. The van der Waals surface area contributed by atoms with E-state index >= 15 is 0 Å². The van der Waals surface area contributed by atoms with Crippen LogP contribution >= 0.6 is 0 Å². The maximum absolute atomic E-state index is 13.6. The standard InChI is InChI=1S/C34H44N2O7/c1-6-17-42-27-10-9-26(21-24(27)4)32(37)30-31(25-8-11-28(29(22-25)40-5)43-18-12-23(2)3)36(34(39)33(30)38)14-7-13-35-15-19-41-20-16-35/h6,8-11,21-23,31,37H,1,7,12-20H2,2-5H3. The quantitative estimate of drug-likeness (QED) is 0.139. The summed E-state index contributed by atoms with van der Waals surface area (Å²) in [7, 11) is 1.56. The van der Waals surface area contributed by atoms with Crippen molar-refractivity contribution >= 4 is 17.4 Å². The Bertz CT molecular complexity index is 1330. The van der Waals surface area contributed by atoms with Gasteiger partial charge in [0.2, 0.25) is 0 Å². The maximum atomic E-state index is 13.6. The molecule has 232 valence electrons. The second-order valence-electron chi connectivity index (χ2n) is 11.3. The van der Waals surface area contributed by atoms with E-state index in [9.17, 15) is 14.7 Å². The van der Waals surface area contributed by atoms with Crippen molar-refractivity contribution < 1.29 is 33.6 Å². The summed E-state index contributed by atoms with van der Waals surface area (Å²) >= 11 is 0. The number of nitrogens with zero attached hydrogens (tertiary/aromatic N) is 2. The third-order valence-corrected chi connectivity index (χ3v) is 7.78. The minimum absolute atomic E-state index is 0.0473. The lowest BCUT2D eigenvalue weighted by Crippen LogP contribution is -2.39. The summed E-state index contributed by atoms with van der Waals surface area (Å²) < 4.78 is 22.8. The topological polar surface area (TPSA) is 97.8 Å². The Kier molecular flexibility index (Phi) is 11.3. The second-order valence-corrected chi connectivity index (χ2v) is 11.3. The van der Waals surface area contributed by atoms with Gasteiger partial charge in [-0.05, 0) is 67.1 Å². The van der Waals surface area contributed by atoms with Crippen LogP contribution in [0.25, 0.3) is 5.76 Å². The van der Waals surface area contributed by atoms with Gasteiger partial charge >= 0.3 is 0 Å². The molecule has 2 fully saturated rings. The van der Waals surface area contributed by atoms with Crippen molar-refractivity contribution in [3.05, 3.63) is 71.3 Å². The number of methoxy groups -OCH3 is 1. The van der Waals surface area contributed by atoms with Crippen molar-refractivity contribution in [2.24, 2.45) is 5.92 Å². The minimum atomic E-state index is -0.791. The number of Topliss-reactive ketones (excluding diaryl/α,β-unsaturated/α-hetero) is 1. The molecule has 1 atom stereocenters. The number of hydrogen-bond donors (Lipinski definition) is 1. The van der Waals surface area contributed by atoms with E-state index in [-0.39, 0.29) is 11.3 Å². The van der Waals surface area contributed by atoms with E-state index in [1.54, 1.807) is 48.4 Å². The molecule has 0 aromatic heterocycles. The van der Waals surface area contributed by atoms with E-state index in [4.69, 9.17) is 18.9 Å². The van der Waals surface area contributed by atoms with Gasteiger partial charge in [0.25, 0.3) is 11.7 Å². The molecule has 2 saturated heterocycles. The van der Waals surface area contributed by atoms with Gasteiger partial charge in [0.15, 0.2) is 11.5 Å². The molecule has 4 rings (SSSR count). The highest BCUT2D eigenvalue weighted by molar-refractivity contribution is 6.46. The van der Waals surface area contributed by atoms with Gasteiger partial charge < -0.3 is 29.0 Å². The lowest BCUT2D eigenvalue weighted by atomic mass is 9.94. The highest BCUT2D eigenvalue weighted by atomic mass is 16.5. The molecular weight excluding hydrogens is 548 g/mol. The smallest absolute Gasteiger partial charge is 0.295 e. The average molecular weight is 593 g/mol. The van der Waals surface area contributed by atoms with E-state index in [0.717, 1.165) is 31.6 Å². The molecule has 9 nitrogen and oxygen atoms in total. The molecule has 1 amide bonds. The molecule has 0 aliphatic carbocycles. The summed E-state index contributed by atoms with van der Waals surface area (Å²) in [6.07, 6.45) is 3.22. The predicted octanol–water partition coefficient (Wildman–Crippen LogP) is 5.14. The van der Waals surface area contributed by atoms with Crippen LogP contribution in [0.3, 0.4) is 0 Å². The monoisotopic (exact) mass is 592 g/mol. The predicted molar refractivity (Wildman–Crippen MR) is 166 cm³/mol. The summed E-state index contributed by atoms with van der Waals surface area (Å²) in [5.74, 6) is 0.653. The largest absolute Gasteiger partial charge is 0.507 e. The van der Waals surface area contributed by atoms with Crippen molar-refractivity contribution in [1.29, 1.82) is 0 Å². The van der Waals surface area contributed by atoms with E-state index in [0.29, 0.717) is 73.7 Å². The Labute approximate surface area is 254 Å². The first kappa shape index (κ1) is 32.1. The number of morpholine rings is 1. The Morgan fingerprint density at radius 3 is 2.49 bits per heavy atom. The van der Waals surface area contributed by atoms with Crippen LogP contribution in [0.5, 0.6) is 17.2 Å². The minimum Gasteiger partial charge on any atom is -0.507 e.